The van der Waals surface area contributed by atoms with Crippen LogP contribution in [-0.2, 0) is 14.8 Å². The molecule has 0 unspecified atom stereocenters. The number of hydrogen-bond acceptors (Lipinski definition) is 4. The van der Waals surface area contributed by atoms with Crippen molar-refractivity contribution in [3.63, 3.8) is 0 Å². The molecule has 0 radical (unpaired) electrons. The molecular formula is C17H19FN2O3S2. The lowest BCUT2D eigenvalue weighted by Crippen LogP contribution is -2.41. The van der Waals surface area contributed by atoms with Gasteiger partial charge in [-0.1, -0.05) is 30.3 Å². The Morgan fingerprint density at radius 1 is 1.12 bits per heavy atom. The number of benzene rings is 2. The third-order valence-electron chi connectivity index (χ3n) is 3.24. The number of amides is 1. The van der Waals surface area contributed by atoms with Gasteiger partial charge in [0.05, 0.1) is 11.9 Å². The van der Waals surface area contributed by atoms with E-state index in [4.69, 9.17) is 0 Å². The Bertz CT molecular complexity index is 814. The number of anilines is 1. The van der Waals surface area contributed by atoms with Crippen LogP contribution in [0.15, 0.2) is 59.5 Å². The van der Waals surface area contributed by atoms with E-state index >= 15 is 0 Å². The van der Waals surface area contributed by atoms with Crippen LogP contribution in [0, 0.1) is 5.82 Å². The molecular weight excluding hydrogens is 363 g/mol. The van der Waals surface area contributed by atoms with Gasteiger partial charge >= 0.3 is 0 Å². The number of nitrogens with one attached hydrogen (secondary N) is 1. The van der Waals surface area contributed by atoms with Gasteiger partial charge in [0.2, 0.25) is 15.9 Å². The smallest absolute Gasteiger partial charge is 0.240 e. The number of thioether (sulfide) groups is 1. The molecule has 25 heavy (non-hydrogen) atoms. The maximum Gasteiger partial charge on any atom is 0.240 e. The zero-order valence-electron chi connectivity index (χ0n) is 13.7. The van der Waals surface area contributed by atoms with Crippen LogP contribution in [0.5, 0.6) is 0 Å². The van der Waals surface area contributed by atoms with Crippen LogP contribution in [0.25, 0.3) is 0 Å². The number of hydrogen-bond donors (Lipinski definition) is 1. The summed E-state index contributed by atoms with van der Waals surface area (Å²) < 4.78 is 38.5. The molecule has 2 aromatic rings. The fourth-order valence-electron chi connectivity index (χ4n) is 2.10. The summed E-state index contributed by atoms with van der Waals surface area (Å²) in [7, 11) is -3.78. The topological polar surface area (TPSA) is 66.5 Å². The van der Waals surface area contributed by atoms with Crippen molar-refractivity contribution in [2.24, 2.45) is 0 Å². The summed E-state index contributed by atoms with van der Waals surface area (Å²) in [5.41, 5.74) is -0.140. The molecule has 0 aliphatic rings. The number of halogens is 1. The molecule has 0 aliphatic heterocycles. The monoisotopic (exact) mass is 382 g/mol. The van der Waals surface area contributed by atoms with Gasteiger partial charge in [0.15, 0.2) is 0 Å². The van der Waals surface area contributed by atoms with Crippen molar-refractivity contribution in [1.29, 1.82) is 0 Å². The normalized spacial score (nSPS) is 11.1. The van der Waals surface area contributed by atoms with Gasteiger partial charge in [0.25, 0.3) is 0 Å². The fourth-order valence-corrected chi connectivity index (χ4v) is 3.74. The lowest BCUT2D eigenvalue weighted by atomic mass is 10.3. The summed E-state index contributed by atoms with van der Waals surface area (Å²) in [4.78, 5) is 13.1. The van der Waals surface area contributed by atoms with Crippen LogP contribution in [0.3, 0.4) is 0 Å². The van der Waals surface area contributed by atoms with Crippen LogP contribution in [-0.4, -0.2) is 39.4 Å². The molecule has 0 heterocycles. The van der Waals surface area contributed by atoms with Gasteiger partial charge in [-0.05, 0) is 24.3 Å². The molecule has 0 saturated heterocycles. The molecule has 0 aromatic heterocycles. The minimum Gasteiger partial charge on any atom is -0.354 e. The first-order chi connectivity index (χ1) is 11.9. The van der Waals surface area contributed by atoms with Gasteiger partial charge in [0, 0.05) is 17.2 Å². The highest BCUT2D eigenvalue weighted by Crippen LogP contribution is 2.21. The van der Waals surface area contributed by atoms with E-state index in [-0.39, 0.29) is 5.69 Å². The van der Waals surface area contributed by atoms with Crippen molar-refractivity contribution in [3.8, 4) is 0 Å². The lowest BCUT2D eigenvalue weighted by molar-refractivity contribution is -0.119. The largest absolute Gasteiger partial charge is 0.354 e. The first-order valence-corrected chi connectivity index (χ1v) is 10.4. The Morgan fingerprint density at radius 2 is 1.76 bits per heavy atom. The number of carbonyl (C=O) groups is 1. The van der Waals surface area contributed by atoms with E-state index < -0.39 is 28.3 Å². The Balaban J connectivity index is 1.91. The number of rotatable bonds is 8. The highest BCUT2D eigenvalue weighted by atomic mass is 32.2. The Hall–Kier alpha value is -2.06. The van der Waals surface area contributed by atoms with E-state index in [1.165, 1.54) is 18.2 Å². The minimum absolute atomic E-state index is 0.140. The fraction of sp³-hybridized carbons (Fsp3) is 0.235. The van der Waals surface area contributed by atoms with E-state index in [1.54, 1.807) is 11.8 Å². The summed E-state index contributed by atoms with van der Waals surface area (Å²) in [6.07, 6.45) is 0.942. The van der Waals surface area contributed by atoms with E-state index in [2.05, 4.69) is 5.32 Å². The Morgan fingerprint density at radius 3 is 2.40 bits per heavy atom. The Kier molecular flexibility index (Phi) is 6.83. The molecule has 134 valence electrons. The maximum absolute atomic E-state index is 13.9. The average molecular weight is 382 g/mol. The molecule has 1 amide bonds. The average Bonchev–Trinajstić information content (AvgIpc) is 2.57. The summed E-state index contributed by atoms with van der Waals surface area (Å²) in [5.74, 6) is -0.531. The standard InChI is InChI=1S/C17H19FN2O3S2/c1-25(22,23)20(16-10-6-5-9-15(16)18)13-17(21)19-11-12-24-14-7-3-2-4-8-14/h2-10H,11-13H2,1H3,(H,19,21). The summed E-state index contributed by atoms with van der Waals surface area (Å²) in [6, 6.07) is 15.2. The predicted octanol–water partition coefficient (Wildman–Crippen LogP) is 2.50. The van der Waals surface area contributed by atoms with Gasteiger partial charge < -0.3 is 5.32 Å². The molecule has 5 nitrogen and oxygen atoms in total. The lowest BCUT2D eigenvalue weighted by Gasteiger charge is -2.22. The summed E-state index contributed by atoms with van der Waals surface area (Å²) >= 11 is 1.58. The van der Waals surface area contributed by atoms with Crippen molar-refractivity contribution >= 4 is 33.4 Å². The molecule has 0 spiro atoms. The second-order valence-electron chi connectivity index (χ2n) is 5.23. The number of sulfonamides is 1. The van der Waals surface area contributed by atoms with Gasteiger partial charge in [-0.25, -0.2) is 12.8 Å². The second-order valence-corrected chi connectivity index (χ2v) is 8.31. The van der Waals surface area contributed by atoms with Gasteiger partial charge in [-0.3, -0.25) is 9.10 Å². The van der Waals surface area contributed by atoms with E-state index in [0.29, 0.717) is 12.3 Å². The molecule has 0 aliphatic carbocycles. The zero-order chi connectivity index (χ0) is 18.3. The van der Waals surface area contributed by atoms with E-state index in [9.17, 15) is 17.6 Å². The van der Waals surface area contributed by atoms with E-state index in [1.807, 2.05) is 30.3 Å². The van der Waals surface area contributed by atoms with Crippen LogP contribution in [0.2, 0.25) is 0 Å². The number of nitrogens with zero attached hydrogens (tertiary/aromatic N) is 1. The van der Waals surface area contributed by atoms with Crippen LogP contribution in [0.1, 0.15) is 0 Å². The number of carbonyl (C=O) groups excluding carboxylic acids is 1. The Labute approximate surface area is 151 Å². The predicted molar refractivity (Wildman–Crippen MR) is 98.8 cm³/mol. The molecule has 8 heteroatoms. The molecule has 0 atom stereocenters. The van der Waals surface area contributed by atoms with Gasteiger partial charge in [-0.15, -0.1) is 11.8 Å². The third-order valence-corrected chi connectivity index (χ3v) is 5.39. The van der Waals surface area contributed by atoms with Gasteiger partial charge in [0.1, 0.15) is 12.4 Å². The van der Waals surface area contributed by atoms with Crippen molar-refractivity contribution in [2.75, 3.05) is 29.4 Å². The quantitative estimate of drug-likeness (QED) is 0.563. The first-order valence-electron chi connectivity index (χ1n) is 7.55. The number of para-hydroxylation sites is 1. The molecule has 0 bridgehead atoms. The van der Waals surface area contributed by atoms with Crippen molar-refractivity contribution in [1.82, 2.24) is 5.32 Å². The van der Waals surface area contributed by atoms with Crippen molar-refractivity contribution in [3.05, 3.63) is 60.4 Å². The molecule has 1 N–H and O–H groups in total. The van der Waals surface area contributed by atoms with Crippen LogP contribution < -0.4 is 9.62 Å². The highest BCUT2D eigenvalue weighted by molar-refractivity contribution is 7.99. The van der Waals surface area contributed by atoms with Crippen molar-refractivity contribution in [2.45, 2.75) is 4.90 Å². The second kappa shape index (κ2) is 8.87. The molecule has 2 aromatic carbocycles. The van der Waals surface area contributed by atoms with Crippen LogP contribution >= 0.6 is 11.8 Å². The summed E-state index contributed by atoms with van der Waals surface area (Å²) in [6.45, 7) is -0.0803. The van der Waals surface area contributed by atoms with Crippen molar-refractivity contribution < 1.29 is 17.6 Å². The minimum atomic E-state index is -3.78. The summed E-state index contributed by atoms with van der Waals surface area (Å²) in [5, 5.41) is 2.66. The molecule has 0 saturated carbocycles. The van der Waals surface area contributed by atoms with Crippen LogP contribution in [0.4, 0.5) is 10.1 Å². The third kappa shape index (κ3) is 6.06. The molecule has 0 fully saturated rings. The van der Waals surface area contributed by atoms with Gasteiger partial charge in [-0.2, -0.15) is 0 Å². The molecule has 2 rings (SSSR count). The highest BCUT2D eigenvalue weighted by Gasteiger charge is 2.23. The first kappa shape index (κ1) is 19.3. The van der Waals surface area contributed by atoms with E-state index in [0.717, 1.165) is 21.5 Å². The maximum atomic E-state index is 13.9. The SMILES string of the molecule is CS(=O)(=O)N(CC(=O)NCCSc1ccccc1)c1ccccc1F. The zero-order valence-corrected chi connectivity index (χ0v) is 15.3.